The number of aromatic nitrogens is 1. The highest BCUT2D eigenvalue weighted by molar-refractivity contribution is 5.79. The standard InChI is InChI=1S/C29H40N4O7/c1-3-4-11-31(13-7-10-30)26(35)18-33-17-21(20-15-23(38-2)28-24(16-20)39-19-40-28)27(29(36)37)22(33)9-14-32-12-6-5-8-25(32)34/h5-6,8,12,15-16,21-22,27H,3-4,7,9-11,13-14,17-19,30H2,1-2H3,(H,36,37)/t21-,22+,27?/m1/s1. The van der Waals surface area contributed by atoms with Crippen LogP contribution in [0.4, 0.5) is 0 Å². The fourth-order valence-corrected chi connectivity index (χ4v) is 5.74. The number of aliphatic carboxylic acids is 1. The lowest BCUT2D eigenvalue weighted by Crippen LogP contribution is -2.45. The highest BCUT2D eigenvalue weighted by Gasteiger charge is 2.47. The summed E-state index contributed by atoms with van der Waals surface area (Å²) < 4.78 is 18.2. The van der Waals surface area contributed by atoms with E-state index in [1.54, 1.807) is 29.0 Å². The summed E-state index contributed by atoms with van der Waals surface area (Å²) in [4.78, 5) is 42.5. The van der Waals surface area contributed by atoms with Crippen molar-refractivity contribution in [2.24, 2.45) is 11.7 Å². The molecule has 0 bridgehead atoms. The predicted molar refractivity (Wildman–Crippen MR) is 149 cm³/mol. The van der Waals surface area contributed by atoms with Crippen molar-refractivity contribution in [1.29, 1.82) is 0 Å². The number of nitrogens with two attached hydrogens (primary N) is 1. The minimum atomic E-state index is -0.951. The first-order valence-corrected chi connectivity index (χ1v) is 14.0. The second-order valence-corrected chi connectivity index (χ2v) is 10.3. The molecule has 40 heavy (non-hydrogen) atoms. The Kier molecular flexibility index (Phi) is 10.1. The second kappa shape index (κ2) is 13.7. The van der Waals surface area contributed by atoms with Crippen LogP contribution in [-0.4, -0.2) is 84.0 Å². The average Bonchev–Trinajstić information content (AvgIpc) is 3.57. The number of nitrogens with zero attached hydrogens (tertiary/aromatic N) is 3. The van der Waals surface area contributed by atoms with Gasteiger partial charge in [0.2, 0.25) is 24.0 Å². The van der Waals surface area contributed by atoms with Crippen molar-refractivity contribution in [2.45, 2.75) is 51.1 Å². The number of pyridine rings is 1. The van der Waals surface area contributed by atoms with Gasteiger partial charge in [-0.15, -0.1) is 0 Å². The molecule has 1 fully saturated rings. The number of ether oxygens (including phenoxy) is 3. The van der Waals surface area contributed by atoms with Crippen LogP contribution in [0.3, 0.4) is 0 Å². The molecule has 1 amide bonds. The smallest absolute Gasteiger partial charge is 0.308 e. The van der Waals surface area contributed by atoms with Crippen LogP contribution in [0.1, 0.15) is 44.1 Å². The maximum atomic E-state index is 13.5. The summed E-state index contributed by atoms with van der Waals surface area (Å²) >= 11 is 0. The molecule has 4 rings (SSSR count). The van der Waals surface area contributed by atoms with Crippen molar-refractivity contribution in [3.8, 4) is 17.2 Å². The van der Waals surface area contributed by atoms with E-state index in [2.05, 4.69) is 6.92 Å². The number of amides is 1. The van der Waals surface area contributed by atoms with Crippen LogP contribution in [0.5, 0.6) is 17.2 Å². The average molecular weight is 557 g/mol. The molecule has 2 aliphatic heterocycles. The fraction of sp³-hybridized carbons (Fsp3) is 0.552. The quantitative estimate of drug-likeness (QED) is 0.359. The summed E-state index contributed by atoms with van der Waals surface area (Å²) in [6.07, 6.45) is 4.63. The number of carbonyl (C=O) groups excluding carboxylic acids is 1. The number of carboxylic acids is 1. The molecule has 2 aliphatic rings. The zero-order valence-corrected chi connectivity index (χ0v) is 23.3. The van der Waals surface area contributed by atoms with E-state index in [0.717, 1.165) is 18.4 Å². The molecule has 11 heteroatoms. The maximum absolute atomic E-state index is 13.5. The predicted octanol–water partition coefficient (Wildman–Crippen LogP) is 2.12. The molecular weight excluding hydrogens is 516 g/mol. The number of methoxy groups -OCH3 is 1. The Labute approximate surface area is 234 Å². The van der Waals surface area contributed by atoms with Crippen LogP contribution in [0.2, 0.25) is 0 Å². The van der Waals surface area contributed by atoms with E-state index in [1.807, 2.05) is 15.9 Å². The second-order valence-electron chi connectivity index (χ2n) is 10.3. The number of rotatable bonds is 14. The van der Waals surface area contributed by atoms with Crippen molar-refractivity contribution in [3.63, 3.8) is 0 Å². The number of unbranched alkanes of at least 4 members (excludes halogenated alkanes) is 1. The molecule has 0 spiro atoms. The van der Waals surface area contributed by atoms with Crippen molar-refractivity contribution < 1.29 is 28.9 Å². The third kappa shape index (κ3) is 6.59. The van der Waals surface area contributed by atoms with Crippen molar-refractivity contribution in [2.75, 3.05) is 46.6 Å². The third-order valence-electron chi connectivity index (χ3n) is 7.81. The molecule has 1 unspecified atom stereocenters. The number of fused-ring (bicyclic) bond motifs is 1. The van der Waals surface area contributed by atoms with Gasteiger partial charge < -0.3 is 34.5 Å². The van der Waals surface area contributed by atoms with Gasteiger partial charge in [-0.3, -0.25) is 19.3 Å². The SMILES string of the molecule is CCCCN(CCCN)C(=O)CN1C[C@H](c2cc(OC)c3c(c2)OCO3)C(C(=O)O)[C@@H]1CCn1ccccc1=O. The van der Waals surface area contributed by atoms with Gasteiger partial charge in [-0.25, -0.2) is 0 Å². The number of likely N-dealkylation sites (tertiary alicyclic amines) is 1. The Balaban J connectivity index is 1.65. The zero-order chi connectivity index (χ0) is 28.6. The Morgan fingerprint density at radius 2 is 2.00 bits per heavy atom. The van der Waals surface area contributed by atoms with E-state index < -0.39 is 23.8 Å². The van der Waals surface area contributed by atoms with Crippen LogP contribution in [0.15, 0.2) is 41.3 Å². The molecule has 0 saturated carbocycles. The number of carboxylic acid groups (broad SMARTS) is 1. The normalized spacial score (nSPS) is 20.0. The Morgan fingerprint density at radius 1 is 1.20 bits per heavy atom. The number of aryl methyl sites for hydroxylation is 1. The van der Waals surface area contributed by atoms with E-state index in [-0.39, 0.29) is 24.8 Å². The molecule has 218 valence electrons. The van der Waals surface area contributed by atoms with Crippen molar-refractivity contribution >= 4 is 11.9 Å². The van der Waals surface area contributed by atoms with Gasteiger partial charge in [-0.05, 0) is 49.6 Å². The van der Waals surface area contributed by atoms with Gasteiger partial charge in [0.1, 0.15) is 0 Å². The molecule has 11 nitrogen and oxygen atoms in total. The van der Waals surface area contributed by atoms with E-state index >= 15 is 0 Å². The van der Waals surface area contributed by atoms with Crippen LogP contribution in [0.25, 0.3) is 0 Å². The van der Waals surface area contributed by atoms with Crippen LogP contribution < -0.4 is 25.5 Å². The topological polar surface area (TPSA) is 137 Å². The maximum Gasteiger partial charge on any atom is 0.308 e. The van der Waals surface area contributed by atoms with Crippen LogP contribution >= 0.6 is 0 Å². The molecule has 2 aromatic rings. The van der Waals surface area contributed by atoms with Crippen LogP contribution in [-0.2, 0) is 16.1 Å². The van der Waals surface area contributed by atoms with Crippen LogP contribution in [0, 0.1) is 5.92 Å². The Hall–Kier alpha value is -3.57. The molecular formula is C29H40N4O7. The highest BCUT2D eigenvalue weighted by atomic mass is 16.7. The van der Waals surface area contributed by atoms with Crippen molar-refractivity contribution in [3.05, 3.63) is 52.4 Å². The first kappa shape index (κ1) is 29.4. The molecule has 1 saturated heterocycles. The van der Waals surface area contributed by atoms with Gasteiger partial charge in [-0.1, -0.05) is 19.4 Å². The van der Waals surface area contributed by atoms with Crippen molar-refractivity contribution in [1.82, 2.24) is 14.4 Å². The zero-order valence-electron chi connectivity index (χ0n) is 23.3. The molecule has 3 heterocycles. The van der Waals surface area contributed by atoms with E-state index in [9.17, 15) is 19.5 Å². The van der Waals surface area contributed by atoms with Gasteiger partial charge in [0.15, 0.2) is 11.5 Å². The number of carbonyl (C=O) groups is 2. The highest BCUT2D eigenvalue weighted by Crippen LogP contribution is 2.47. The molecule has 3 atom stereocenters. The molecule has 0 aliphatic carbocycles. The number of hydrogen-bond donors (Lipinski definition) is 2. The molecule has 1 aromatic carbocycles. The van der Waals surface area contributed by atoms with Gasteiger partial charge in [-0.2, -0.15) is 0 Å². The summed E-state index contributed by atoms with van der Waals surface area (Å²) in [6.45, 7) is 4.62. The first-order valence-electron chi connectivity index (χ1n) is 14.0. The third-order valence-corrected chi connectivity index (χ3v) is 7.81. The monoisotopic (exact) mass is 556 g/mol. The van der Waals surface area contributed by atoms with Gasteiger partial charge in [0.05, 0.1) is 19.6 Å². The lowest BCUT2D eigenvalue weighted by molar-refractivity contribution is -0.144. The van der Waals surface area contributed by atoms with Gasteiger partial charge in [0.25, 0.3) is 0 Å². The summed E-state index contributed by atoms with van der Waals surface area (Å²) in [5.41, 5.74) is 6.32. The summed E-state index contributed by atoms with van der Waals surface area (Å²) in [5.74, 6) is -0.763. The minimum absolute atomic E-state index is 0.0446. The summed E-state index contributed by atoms with van der Waals surface area (Å²) in [6, 6.07) is 8.07. The lowest BCUT2D eigenvalue weighted by Gasteiger charge is -2.30. The fourth-order valence-electron chi connectivity index (χ4n) is 5.74. The largest absolute Gasteiger partial charge is 0.493 e. The van der Waals surface area contributed by atoms with Gasteiger partial charge in [0, 0.05) is 50.4 Å². The lowest BCUT2D eigenvalue weighted by atomic mass is 9.84. The Bertz CT molecular complexity index is 1230. The molecule has 3 N–H and O–H groups in total. The molecule has 0 radical (unpaired) electrons. The first-order chi connectivity index (χ1) is 19.4. The van der Waals surface area contributed by atoms with Gasteiger partial charge >= 0.3 is 5.97 Å². The number of benzene rings is 1. The minimum Gasteiger partial charge on any atom is -0.493 e. The summed E-state index contributed by atoms with van der Waals surface area (Å²) in [7, 11) is 1.53. The summed E-state index contributed by atoms with van der Waals surface area (Å²) in [5, 5.41) is 10.5. The van der Waals surface area contributed by atoms with E-state index in [0.29, 0.717) is 62.8 Å². The van der Waals surface area contributed by atoms with E-state index in [4.69, 9.17) is 19.9 Å². The number of hydrogen-bond acceptors (Lipinski definition) is 8. The Morgan fingerprint density at radius 3 is 2.70 bits per heavy atom. The van der Waals surface area contributed by atoms with E-state index in [1.165, 1.54) is 13.2 Å². The molecule has 1 aromatic heterocycles.